The monoisotopic (exact) mass is 341 g/mol. The molecule has 6 heteroatoms. The summed E-state index contributed by atoms with van der Waals surface area (Å²) in [6.45, 7) is 13.4. The predicted molar refractivity (Wildman–Crippen MR) is 96.0 cm³/mol. The molecule has 0 aliphatic heterocycles. The molecule has 0 fully saturated rings. The van der Waals surface area contributed by atoms with Gasteiger partial charge >= 0.3 is 6.03 Å². The summed E-state index contributed by atoms with van der Waals surface area (Å²) in [7, 11) is 0. The predicted octanol–water partition coefficient (Wildman–Crippen LogP) is 3.08. The molecule has 3 N–H and O–H groups in total. The highest BCUT2D eigenvalue weighted by atomic mass is 32.1. The van der Waals surface area contributed by atoms with E-state index in [1.165, 1.54) is 0 Å². The standard InChI is InChI=1S/C17H31N3O2S/c1-12(21)9-17(5,6)11-19-15(22)18-8-7-14-20-13(10-23-14)16(2,3)4/h10,12,21H,7-9,11H2,1-6H3,(H2,18,19,22). The summed E-state index contributed by atoms with van der Waals surface area (Å²) < 4.78 is 0. The highest BCUT2D eigenvalue weighted by Gasteiger charge is 2.21. The smallest absolute Gasteiger partial charge is 0.314 e. The fourth-order valence-corrected chi connectivity index (χ4v) is 3.33. The first kappa shape index (κ1) is 19.9. The summed E-state index contributed by atoms with van der Waals surface area (Å²) in [4.78, 5) is 16.4. The van der Waals surface area contributed by atoms with Crippen LogP contribution < -0.4 is 10.6 Å². The minimum atomic E-state index is -0.364. The molecule has 1 heterocycles. The van der Waals surface area contributed by atoms with Gasteiger partial charge in [-0.15, -0.1) is 11.3 Å². The van der Waals surface area contributed by atoms with Crippen LogP contribution in [0.2, 0.25) is 0 Å². The van der Waals surface area contributed by atoms with Gasteiger partial charge in [0, 0.05) is 30.3 Å². The zero-order valence-corrected chi connectivity index (χ0v) is 16.0. The highest BCUT2D eigenvalue weighted by molar-refractivity contribution is 7.09. The largest absolute Gasteiger partial charge is 0.393 e. The molecule has 0 radical (unpaired) electrons. The second kappa shape index (κ2) is 8.11. The molecule has 0 spiro atoms. The topological polar surface area (TPSA) is 74.2 Å². The molecule has 0 saturated carbocycles. The third-order valence-corrected chi connectivity index (χ3v) is 4.43. The lowest BCUT2D eigenvalue weighted by atomic mass is 9.87. The Bertz CT molecular complexity index is 504. The zero-order chi connectivity index (χ0) is 17.7. The van der Waals surface area contributed by atoms with Gasteiger partial charge in [0.15, 0.2) is 0 Å². The Morgan fingerprint density at radius 2 is 1.96 bits per heavy atom. The Morgan fingerprint density at radius 1 is 1.30 bits per heavy atom. The van der Waals surface area contributed by atoms with Crippen LogP contribution in [0.5, 0.6) is 0 Å². The van der Waals surface area contributed by atoms with Crippen molar-refractivity contribution >= 4 is 17.4 Å². The number of aliphatic hydroxyl groups excluding tert-OH is 1. The number of hydrogen-bond donors (Lipinski definition) is 3. The van der Waals surface area contributed by atoms with Gasteiger partial charge in [-0.25, -0.2) is 9.78 Å². The minimum absolute atomic E-state index is 0.0645. The number of aromatic nitrogens is 1. The highest BCUT2D eigenvalue weighted by Crippen LogP contribution is 2.24. The van der Waals surface area contributed by atoms with Crippen LogP contribution in [-0.4, -0.2) is 35.3 Å². The van der Waals surface area contributed by atoms with Gasteiger partial charge in [-0.05, 0) is 18.8 Å². The summed E-state index contributed by atoms with van der Waals surface area (Å²) in [5.74, 6) is 0. The van der Waals surface area contributed by atoms with Crippen molar-refractivity contribution in [2.24, 2.45) is 5.41 Å². The van der Waals surface area contributed by atoms with Crippen LogP contribution >= 0.6 is 11.3 Å². The molecule has 1 unspecified atom stereocenters. The molecule has 1 rings (SSSR count). The SMILES string of the molecule is CC(O)CC(C)(C)CNC(=O)NCCc1nc(C(C)(C)C)cs1. The molecule has 1 atom stereocenters. The number of amides is 2. The first-order chi connectivity index (χ1) is 10.5. The average Bonchev–Trinajstić information content (AvgIpc) is 2.84. The van der Waals surface area contributed by atoms with Crippen LogP contribution in [0.4, 0.5) is 4.79 Å². The van der Waals surface area contributed by atoms with Crippen molar-refractivity contribution in [2.75, 3.05) is 13.1 Å². The molecule has 0 saturated heterocycles. The summed E-state index contributed by atoms with van der Waals surface area (Å²) in [5.41, 5.74) is 1.04. The fourth-order valence-electron chi connectivity index (χ4n) is 2.31. The lowest BCUT2D eigenvalue weighted by Crippen LogP contribution is -2.42. The summed E-state index contributed by atoms with van der Waals surface area (Å²) in [6, 6.07) is -0.170. The van der Waals surface area contributed by atoms with Gasteiger partial charge in [0.05, 0.1) is 16.8 Å². The Labute approximate surface area is 143 Å². The minimum Gasteiger partial charge on any atom is -0.393 e. The molecular formula is C17H31N3O2S. The van der Waals surface area contributed by atoms with Crippen LogP contribution in [-0.2, 0) is 11.8 Å². The number of rotatable bonds is 7. The van der Waals surface area contributed by atoms with Crippen LogP contribution in [0, 0.1) is 5.41 Å². The molecule has 2 amide bonds. The molecule has 5 nitrogen and oxygen atoms in total. The van der Waals surface area contributed by atoms with E-state index in [-0.39, 0.29) is 23.0 Å². The Hall–Kier alpha value is -1.14. The van der Waals surface area contributed by atoms with Crippen molar-refractivity contribution in [1.29, 1.82) is 0 Å². The van der Waals surface area contributed by atoms with Crippen molar-refractivity contribution in [3.63, 3.8) is 0 Å². The second-order valence-electron chi connectivity index (χ2n) is 7.95. The number of urea groups is 1. The van der Waals surface area contributed by atoms with E-state index in [1.807, 2.05) is 13.8 Å². The normalized spacial score (nSPS) is 13.7. The quantitative estimate of drug-likeness (QED) is 0.713. The fraction of sp³-hybridized carbons (Fsp3) is 0.765. The van der Waals surface area contributed by atoms with Gasteiger partial charge in [-0.3, -0.25) is 0 Å². The second-order valence-corrected chi connectivity index (χ2v) is 8.90. The molecule has 1 aromatic heterocycles. The van der Waals surface area contributed by atoms with E-state index in [0.717, 1.165) is 17.1 Å². The van der Waals surface area contributed by atoms with Crippen LogP contribution in [0.1, 0.15) is 58.7 Å². The molecule has 0 aliphatic rings. The maximum absolute atomic E-state index is 11.8. The number of carbonyl (C=O) groups excluding carboxylic acids is 1. The molecule has 23 heavy (non-hydrogen) atoms. The average molecular weight is 342 g/mol. The van der Waals surface area contributed by atoms with Gasteiger partial charge in [-0.1, -0.05) is 34.6 Å². The summed E-state index contributed by atoms with van der Waals surface area (Å²) in [5, 5.41) is 18.3. The number of thiazole rings is 1. The van der Waals surface area contributed by atoms with Crippen LogP contribution in [0.15, 0.2) is 5.38 Å². The van der Waals surface area contributed by atoms with Crippen molar-refractivity contribution in [2.45, 2.75) is 65.9 Å². The van der Waals surface area contributed by atoms with E-state index in [1.54, 1.807) is 18.3 Å². The Balaban J connectivity index is 2.30. The van der Waals surface area contributed by atoms with Crippen LogP contribution in [0.3, 0.4) is 0 Å². The molecule has 1 aromatic rings. The van der Waals surface area contributed by atoms with Crippen LogP contribution in [0.25, 0.3) is 0 Å². The Morgan fingerprint density at radius 3 is 2.48 bits per heavy atom. The molecule has 0 bridgehead atoms. The molecule has 0 aromatic carbocycles. The maximum atomic E-state index is 11.8. The molecular weight excluding hydrogens is 310 g/mol. The van der Waals surface area contributed by atoms with E-state index >= 15 is 0 Å². The lowest BCUT2D eigenvalue weighted by molar-refractivity contribution is 0.129. The third kappa shape index (κ3) is 7.79. The number of carbonyl (C=O) groups is 1. The lowest BCUT2D eigenvalue weighted by Gasteiger charge is -2.26. The summed E-state index contributed by atoms with van der Waals surface area (Å²) >= 11 is 1.64. The first-order valence-corrected chi connectivity index (χ1v) is 9.02. The number of hydrogen-bond acceptors (Lipinski definition) is 4. The first-order valence-electron chi connectivity index (χ1n) is 8.14. The summed E-state index contributed by atoms with van der Waals surface area (Å²) in [6.07, 6.45) is 1.03. The van der Waals surface area contributed by atoms with Crippen molar-refractivity contribution in [3.8, 4) is 0 Å². The van der Waals surface area contributed by atoms with Crippen molar-refractivity contribution in [3.05, 3.63) is 16.1 Å². The Kier molecular flexibility index (Phi) is 7.02. The zero-order valence-electron chi connectivity index (χ0n) is 15.2. The van der Waals surface area contributed by atoms with Gasteiger partial charge in [-0.2, -0.15) is 0 Å². The number of aliphatic hydroxyl groups is 1. The van der Waals surface area contributed by atoms with Gasteiger partial charge in [0.2, 0.25) is 0 Å². The van der Waals surface area contributed by atoms with E-state index in [9.17, 15) is 9.90 Å². The van der Waals surface area contributed by atoms with E-state index < -0.39 is 0 Å². The maximum Gasteiger partial charge on any atom is 0.314 e. The van der Waals surface area contributed by atoms with E-state index in [4.69, 9.17) is 0 Å². The number of nitrogens with one attached hydrogen (secondary N) is 2. The van der Waals surface area contributed by atoms with Gasteiger partial charge in [0.25, 0.3) is 0 Å². The van der Waals surface area contributed by atoms with E-state index in [2.05, 4.69) is 41.8 Å². The number of nitrogens with zero attached hydrogens (tertiary/aromatic N) is 1. The van der Waals surface area contributed by atoms with Crippen molar-refractivity contribution < 1.29 is 9.90 Å². The van der Waals surface area contributed by atoms with Crippen molar-refractivity contribution in [1.82, 2.24) is 15.6 Å². The molecule has 132 valence electrons. The van der Waals surface area contributed by atoms with Gasteiger partial charge < -0.3 is 15.7 Å². The molecule has 0 aliphatic carbocycles. The van der Waals surface area contributed by atoms with Gasteiger partial charge in [0.1, 0.15) is 0 Å². The third-order valence-electron chi connectivity index (χ3n) is 3.52. The van der Waals surface area contributed by atoms with E-state index in [0.29, 0.717) is 19.5 Å².